The van der Waals surface area contributed by atoms with E-state index in [1.807, 2.05) is 4.72 Å². The SMILES string of the molecule is N[C@H](Nc1cc(F)c(S(=O)(=O)Nc2cccc(F)n2)cc1Cl)c1ccccc1F. The first-order valence-corrected chi connectivity index (χ1v) is 9.94. The first-order valence-electron chi connectivity index (χ1n) is 8.08. The van der Waals surface area contributed by atoms with E-state index >= 15 is 0 Å². The van der Waals surface area contributed by atoms with Gasteiger partial charge in [0.05, 0.1) is 10.7 Å². The van der Waals surface area contributed by atoms with Gasteiger partial charge in [-0.2, -0.15) is 4.39 Å². The second-order valence-corrected chi connectivity index (χ2v) is 7.92. The predicted octanol–water partition coefficient (Wildman–Crippen LogP) is 4.02. The van der Waals surface area contributed by atoms with E-state index < -0.39 is 38.7 Å². The van der Waals surface area contributed by atoms with E-state index in [4.69, 9.17) is 17.3 Å². The summed E-state index contributed by atoms with van der Waals surface area (Å²) in [6.45, 7) is 0. The van der Waals surface area contributed by atoms with Crippen molar-refractivity contribution in [2.24, 2.45) is 5.73 Å². The van der Waals surface area contributed by atoms with Crippen LogP contribution in [0.3, 0.4) is 0 Å². The smallest absolute Gasteiger partial charge is 0.266 e. The molecule has 0 saturated heterocycles. The molecule has 1 heterocycles. The number of anilines is 2. The number of hydrogen-bond donors (Lipinski definition) is 3. The maximum absolute atomic E-state index is 14.5. The summed E-state index contributed by atoms with van der Waals surface area (Å²) in [6.07, 6.45) is -1.06. The van der Waals surface area contributed by atoms with Gasteiger partial charge in [0.1, 0.15) is 28.5 Å². The lowest BCUT2D eigenvalue weighted by Crippen LogP contribution is -2.22. The molecule has 2 aromatic carbocycles. The van der Waals surface area contributed by atoms with Gasteiger partial charge in [-0.05, 0) is 30.3 Å². The fraction of sp³-hybridized carbons (Fsp3) is 0.0556. The summed E-state index contributed by atoms with van der Waals surface area (Å²) in [4.78, 5) is 2.58. The van der Waals surface area contributed by atoms with Crippen LogP contribution in [0.2, 0.25) is 5.02 Å². The van der Waals surface area contributed by atoms with Crippen LogP contribution < -0.4 is 15.8 Å². The molecule has 3 aromatic rings. The van der Waals surface area contributed by atoms with Gasteiger partial charge in [0.2, 0.25) is 5.95 Å². The predicted molar refractivity (Wildman–Crippen MR) is 103 cm³/mol. The van der Waals surface area contributed by atoms with Crippen molar-refractivity contribution >= 4 is 33.1 Å². The van der Waals surface area contributed by atoms with E-state index in [2.05, 4.69) is 10.3 Å². The molecule has 0 bridgehead atoms. The molecule has 0 fully saturated rings. The Morgan fingerprint density at radius 3 is 2.41 bits per heavy atom. The van der Waals surface area contributed by atoms with Crippen molar-refractivity contribution in [2.75, 3.05) is 10.0 Å². The molecule has 1 aromatic heterocycles. The zero-order valence-electron chi connectivity index (χ0n) is 14.5. The van der Waals surface area contributed by atoms with Crippen molar-refractivity contribution in [3.63, 3.8) is 0 Å². The molecule has 0 aliphatic carbocycles. The number of aromatic nitrogens is 1. The molecule has 4 N–H and O–H groups in total. The van der Waals surface area contributed by atoms with Gasteiger partial charge in [0.25, 0.3) is 10.0 Å². The van der Waals surface area contributed by atoms with Crippen LogP contribution in [0, 0.1) is 17.6 Å². The van der Waals surface area contributed by atoms with E-state index in [-0.39, 0.29) is 22.1 Å². The summed E-state index contributed by atoms with van der Waals surface area (Å²) in [7, 11) is -4.45. The van der Waals surface area contributed by atoms with Crippen LogP contribution in [0.5, 0.6) is 0 Å². The lowest BCUT2D eigenvalue weighted by molar-refractivity contribution is 0.569. The Kier molecular flexibility index (Phi) is 5.96. The molecule has 0 radical (unpaired) electrons. The molecule has 0 unspecified atom stereocenters. The number of pyridine rings is 1. The van der Waals surface area contributed by atoms with Gasteiger partial charge >= 0.3 is 0 Å². The number of nitrogens with zero attached hydrogens (tertiary/aromatic N) is 1. The molecule has 0 aliphatic rings. The molecule has 1 atom stereocenters. The standard InChI is InChI=1S/C18H14ClF3N4O2S/c19-11-8-15(29(27,28)26-17-7-3-6-16(22)25-17)13(21)9-14(11)24-18(23)10-4-1-2-5-12(10)20/h1-9,18,24H,23H2,(H,25,26)/t18-/m1/s1. The van der Waals surface area contributed by atoms with Crippen LogP contribution in [0.4, 0.5) is 24.7 Å². The normalized spacial score (nSPS) is 12.4. The van der Waals surface area contributed by atoms with Gasteiger partial charge in [-0.25, -0.2) is 22.2 Å². The summed E-state index contributed by atoms with van der Waals surface area (Å²) < 4.78 is 68.3. The van der Waals surface area contributed by atoms with Crippen molar-refractivity contribution in [3.8, 4) is 0 Å². The summed E-state index contributed by atoms with van der Waals surface area (Å²) in [5, 5.41) is 2.46. The molecule has 152 valence electrons. The van der Waals surface area contributed by atoms with Gasteiger partial charge in [-0.1, -0.05) is 35.9 Å². The quantitative estimate of drug-likeness (QED) is 0.395. The molecule has 0 spiro atoms. The van der Waals surface area contributed by atoms with Gasteiger partial charge in [0, 0.05) is 5.56 Å². The van der Waals surface area contributed by atoms with Crippen LogP contribution in [-0.4, -0.2) is 13.4 Å². The molecular formula is C18H14ClF3N4O2S. The van der Waals surface area contributed by atoms with Gasteiger partial charge in [-0.15, -0.1) is 0 Å². The van der Waals surface area contributed by atoms with Crippen LogP contribution in [0.15, 0.2) is 59.5 Å². The lowest BCUT2D eigenvalue weighted by atomic mass is 10.1. The minimum absolute atomic E-state index is 0.0391. The number of hydrogen-bond acceptors (Lipinski definition) is 5. The minimum atomic E-state index is -4.45. The lowest BCUT2D eigenvalue weighted by Gasteiger charge is -2.18. The fourth-order valence-electron chi connectivity index (χ4n) is 2.48. The average Bonchev–Trinajstić information content (AvgIpc) is 2.64. The molecule has 0 amide bonds. The molecule has 0 aliphatic heterocycles. The third-order valence-electron chi connectivity index (χ3n) is 3.82. The third-order valence-corrected chi connectivity index (χ3v) is 5.50. The van der Waals surface area contributed by atoms with Gasteiger partial charge < -0.3 is 11.1 Å². The first kappa shape index (κ1) is 20.9. The van der Waals surface area contributed by atoms with Crippen LogP contribution in [0.1, 0.15) is 11.7 Å². The summed E-state index contributed by atoms with van der Waals surface area (Å²) in [6, 6.07) is 10.8. The Balaban J connectivity index is 1.88. The number of nitrogens with two attached hydrogens (primary N) is 1. The van der Waals surface area contributed by atoms with Crippen molar-refractivity contribution in [1.82, 2.24) is 4.98 Å². The van der Waals surface area contributed by atoms with Gasteiger partial charge in [-0.3, -0.25) is 4.72 Å². The van der Waals surface area contributed by atoms with Crippen LogP contribution in [0.25, 0.3) is 0 Å². The van der Waals surface area contributed by atoms with Crippen molar-refractivity contribution in [3.05, 3.63) is 82.8 Å². The maximum atomic E-state index is 14.5. The van der Waals surface area contributed by atoms with E-state index in [9.17, 15) is 21.6 Å². The Morgan fingerprint density at radius 2 is 1.72 bits per heavy atom. The second-order valence-electron chi connectivity index (χ2n) is 5.86. The number of halogens is 4. The van der Waals surface area contributed by atoms with E-state index in [0.29, 0.717) is 0 Å². The summed E-state index contributed by atoms with van der Waals surface area (Å²) in [5.41, 5.74) is 5.95. The number of rotatable bonds is 6. The molecular weight excluding hydrogens is 429 g/mol. The minimum Gasteiger partial charge on any atom is -0.365 e. The van der Waals surface area contributed by atoms with Crippen molar-refractivity contribution in [2.45, 2.75) is 11.1 Å². The zero-order valence-corrected chi connectivity index (χ0v) is 16.1. The van der Waals surface area contributed by atoms with Gasteiger partial charge in [0.15, 0.2) is 0 Å². The Morgan fingerprint density at radius 1 is 1.00 bits per heavy atom. The van der Waals surface area contributed by atoms with E-state index in [0.717, 1.165) is 18.2 Å². The monoisotopic (exact) mass is 442 g/mol. The Labute approximate surface area is 169 Å². The third kappa shape index (κ3) is 4.78. The summed E-state index contributed by atoms with van der Waals surface area (Å²) >= 11 is 6.06. The highest BCUT2D eigenvalue weighted by Crippen LogP contribution is 2.31. The number of nitrogens with one attached hydrogen (secondary N) is 2. The van der Waals surface area contributed by atoms with Crippen molar-refractivity contribution in [1.29, 1.82) is 0 Å². The topological polar surface area (TPSA) is 97.1 Å². The van der Waals surface area contributed by atoms with Crippen molar-refractivity contribution < 1.29 is 21.6 Å². The molecule has 11 heteroatoms. The molecule has 6 nitrogen and oxygen atoms in total. The highest BCUT2D eigenvalue weighted by atomic mass is 35.5. The zero-order chi connectivity index (χ0) is 21.2. The Hall–Kier alpha value is -2.82. The van der Waals surface area contributed by atoms with Crippen LogP contribution in [-0.2, 0) is 10.0 Å². The van der Waals surface area contributed by atoms with E-state index in [1.165, 1.54) is 30.3 Å². The maximum Gasteiger partial charge on any atom is 0.266 e. The first-order chi connectivity index (χ1) is 13.7. The molecule has 3 rings (SSSR count). The van der Waals surface area contributed by atoms with Crippen LogP contribution >= 0.6 is 11.6 Å². The van der Waals surface area contributed by atoms with E-state index in [1.54, 1.807) is 6.07 Å². The fourth-order valence-corrected chi connectivity index (χ4v) is 3.85. The highest BCUT2D eigenvalue weighted by Gasteiger charge is 2.23. The number of benzene rings is 2. The molecule has 0 saturated carbocycles. The second kappa shape index (κ2) is 8.27. The molecule has 29 heavy (non-hydrogen) atoms. The summed E-state index contributed by atoms with van der Waals surface area (Å²) in [5.74, 6) is -2.97. The number of sulfonamides is 1. The Bertz CT molecular complexity index is 1160. The highest BCUT2D eigenvalue weighted by molar-refractivity contribution is 7.92. The average molecular weight is 443 g/mol. The largest absolute Gasteiger partial charge is 0.365 e.